The van der Waals surface area contributed by atoms with Crippen molar-refractivity contribution in [3.63, 3.8) is 0 Å². The second-order valence-electron chi connectivity index (χ2n) is 4.16. The lowest BCUT2D eigenvalue weighted by Crippen LogP contribution is -2.10. The molecule has 0 N–H and O–H groups in total. The Bertz CT molecular complexity index is 639. The van der Waals surface area contributed by atoms with Gasteiger partial charge in [-0.1, -0.05) is 12.1 Å². The summed E-state index contributed by atoms with van der Waals surface area (Å²) in [6.45, 7) is -1.44. The molecule has 5 heteroatoms. The van der Waals surface area contributed by atoms with Crippen LogP contribution in [-0.4, -0.2) is 12.4 Å². The van der Waals surface area contributed by atoms with Crippen LogP contribution in [0.2, 0.25) is 0 Å². The number of hydrogen-bond acceptors (Lipinski definition) is 2. The summed E-state index contributed by atoms with van der Waals surface area (Å²) in [7, 11) is 0. The predicted octanol–water partition coefficient (Wildman–Crippen LogP) is 3.97. The molecule has 0 amide bonds. The van der Waals surface area contributed by atoms with Crippen LogP contribution in [0, 0.1) is 12.7 Å². The average Bonchev–Trinajstić information content (AvgIpc) is 2.38. The van der Waals surface area contributed by atoms with Crippen LogP contribution in [0.5, 0.6) is 5.75 Å². The zero-order chi connectivity index (χ0) is 14.7. The summed E-state index contributed by atoms with van der Waals surface area (Å²) in [5.41, 5.74) is 0.695. The first-order valence-corrected chi connectivity index (χ1v) is 5.83. The van der Waals surface area contributed by atoms with Crippen LogP contribution in [-0.2, 0) is 0 Å². The minimum Gasteiger partial charge on any atom is -0.434 e. The normalized spacial score (nSPS) is 10.7. The number of alkyl halides is 2. The number of para-hydroxylation sites is 1. The monoisotopic (exact) mass is 280 g/mol. The predicted molar refractivity (Wildman–Crippen MR) is 67.6 cm³/mol. The number of rotatable bonds is 4. The highest BCUT2D eigenvalue weighted by molar-refractivity contribution is 6.11. The zero-order valence-corrected chi connectivity index (χ0v) is 10.6. The highest BCUT2D eigenvalue weighted by Crippen LogP contribution is 2.24. The van der Waals surface area contributed by atoms with Gasteiger partial charge in [0.05, 0.1) is 5.56 Å². The fourth-order valence-electron chi connectivity index (χ4n) is 1.88. The van der Waals surface area contributed by atoms with E-state index in [0.717, 1.165) is 6.07 Å². The van der Waals surface area contributed by atoms with E-state index in [9.17, 15) is 18.0 Å². The van der Waals surface area contributed by atoms with Crippen molar-refractivity contribution >= 4 is 5.78 Å². The van der Waals surface area contributed by atoms with Crippen LogP contribution in [0.4, 0.5) is 13.2 Å². The van der Waals surface area contributed by atoms with Crippen LogP contribution < -0.4 is 4.74 Å². The minimum absolute atomic E-state index is 0.0162. The fourth-order valence-corrected chi connectivity index (χ4v) is 1.88. The lowest BCUT2D eigenvalue weighted by molar-refractivity contribution is -0.0501. The van der Waals surface area contributed by atoms with Gasteiger partial charge in [-0.15, -0.1) is 0 Å². The number of aryl methyl sites for hydroxylation is 1. The van der Waals surface area contributed by atoms with Gasteiger partial charge in [-0.2, -0.15) is 8.78 Å². The molecule has 0 aliphatic carbocycles. The Kier molecular flexibility index (Phi) is 4.08. The fraction of sp³-hybridized carbons (Fsp3) is 0.133. The average molecular weight is 280 g/mol. The minimum atomic E-state index is -3.02. The van der Waals surface area contributed by atoms with Crippen molar-refractivity contribution in [3.05, 3.63) is 65.0 Å². The third-order valence-electron chi connectivity index (χ3n) is 2.78. The molecule has 0 bridgehead atoms. The van der Waals surface area contributed by atoms with Gasteiger partial charge in [0, 0.05) is 5.56 Å². The number of carbonyl (C=O) groups excluding carboxylic acids is 1. The maximum atomic E-state index is 13.0. The quantitative estimate of drug-likeness (QED) is 0.792. The van der Waals surface area contributed by atoms with Gasteiger partial charge in [-0.3, -0.25) is 4.79 Å². The molecule has 0 radical (unpaired) electrons. The zero-order valence-electron chi connectivity index (χ0n) is 10.6. The Labute approximate surface area is 113 Å². The van der Waals surface area contributed by atoms with Crippen LogP contribution in [0.1, 0.15) is 21.5 Å². The molecule has 0 unspecified atom stereocenters. The second-order valence-corrected chi connectivity index (χ2v) is 4.16. The van der Waals surface area contributed by atoms with E-state index in [1.54, 1.807) is 13.0 Å². The van der Waals surface area contributed by atoms with Crippen LogP contribution >= 0.6 is 0 Å². The molecular formula is C15H11F3O2. The van der Waals surface area contributed by atoms with Gasteiger partial charge in [0.25, 0.3) is 0 Å². The highest BCUT2D eigenvalue weighted by atomic mass is 19.3. The van der Waals surface area contributed by atoms with Crippen molar-refractivity contribution in [2.45, 2.75) is 13.5 Å². The summed E-state index contributed by atoms with van der Waals surface area (Å²) < 4.78 is 42.0. The highest BCUT2D eigenvalue weighted by Gasteiger charge is 2.18. The van der Waals surface area contributed by atoms with Gasteiger partial charge < -0.3 is 4.74 Å². The summed E-state index contributed by atoms with van der Waals surface area (Å²) in [5, 5.41) is 0. The molecule has 0 spiro atoms. The summed E-state index contributed by atoms with van der Waals surface area (Å²) in [4.78, 5) is 12.3. The molecular weight excluding hydrogens is 269 g/mol. The van der Waals surface area contributed by atoms with Gasteiger partial charge in [0.1, 0.15) is 11.6 Å². The molecule has 104 valence electrons. The number of hydrogen-bond donors (Lipinski definition) is 0. The van der Waals surface area contributed by atoms with Crippen molar-refractivity contribution in [3.8, 4) is 5.75 Å². The SMILES string of the molecule is Cc1cc(F)ccc1C(=O)c1ccccc1OC(F)F. The number of ketones is 1. The largest absolute Gasteiger partial charge is 0.434 e. The standard InChI is InChI=1S/C15H11F3O2/c1-9-8-10(16)6-7-11(9)14(19)12-4-2-3-5-13(12)20-15(17)18/h2-8,15H,1H3. The van der Waals surface area contributed by atoms with E-state index < -0.39 is 18.2 Å². The summed E-state index contributed by atoms with van der Waals surface area (Å²) in [6.07, 6.45) is 0. The van der Waals surface area contributed by atoms with Crippen molar-refractivity contribution in [1.82, 2.24) is 0 Å². The van der Waals surface area contributed by atoms with E-state index in [2.05, 4.69) is 4.74 Å². The van der Waals surface area contributed by atoms with Crippen LogP contribution in [0.3, 0.4) is 0 Å². The van der Waals surface area contributed by atoms with Crippen molar-refractivity contribution in [2.24, 2.45) is 0 Å². The van der Waals surface area contributed by atoms with E-state index in [4.69, 9.17) is 0 Å². The Morgan fingerprint density at radius 2 is 1.80 bits per heavy atom. The van der Waals surface area contributed by atoms with Gasteiger partial charge in [-0.25, -0.2) is 4.39 Å². The van der Waals surface area contributed by atoms with Crippen molar-refractivity contribution < 1.29 is 22.7 Å². The molecule has 0 saturated heterocycles. The van der Waals surface area contributed by atoms with E-state index in [-0.39, 0.29) is 16.9 Å². The Morgan fingerprint density at radius 3 is 2.45 bits per heavy atom. The third-order valence-corrected chi connectivity index (χ3v) is 2.78. The van der Waals surface area contributed by atoms with Gasteiger partial charge in [-0.05, 0) is 42.8 Å². The van der Waals surface area contributed by atoms with E-state index in [1.807, 2.05) is 0 Å². The molecule has 2 nitrogen and oxygen atoms in total. The van der Waals surface area contributed by atoms with Crippen molar-refractivity contribution in [2.75, 3.05) is 0 Å². The summed E-state index contributed by atoms with van der Waals surface area (Å²) in [5.74, 6) is -1.15. The topological polar surface area (TPSA) is 26.3 Å². The molecule has 0 heterocycles. The molecule has 0 aliphatic rings. The molecule has 20 heavy (non-hydrogen) atoms. The molecule has 2 rings (SSSR count). The Morgan fingerprint density at radius 1 is 1.10 bits per heavy atom. The maximum Gasteiger partial charge on any atom is 0.387 e. The number of ether oxygens (including phenoxy) is 1. The van der Waals surface area contributed by atoms with E-state index in [0.29, 0.717) is 5.56 Å². The number of halogens is 3. The molecule has 0 aromatic heterocycles. The van der Waals surface area contributed by atoms with Crippen LogP contribution in [0.15, 0.2) is 42.5 Å². The van der Waals surface area contributed by atoms with E-state index >= 15 is 0 Å². The summed E-state index contributed by atoms with van der Waals surface area (Å²) >= 11 is 0. The summed E-state index contributed by atoms with van der Waals surface area (Å²) in [6, 6.07) is 9.41. The van der Waals surface area contributed by atoms with Crippen LogP contribution in [0.25, 0.3) is 0 Å². The second kappa shape index (κ2) is 5.77. The first kappa shape index (κ1) is 14.1. The van der Waals surface area contributed by atoms with Gasteiger partial charge in [0.15, 0.2) is 5.78 Å². The third kappa shape index (κ3) is 2.99. The van der Waals surface area contributed by atoms with Gasteiger partial charge in [0.2, 0.25) is 0 Å². The first-order chi connectivity index (χ1) is 9.49. The molecule has 0 fully saturated rings. The Hall–Kier alpha value is -2.30. The maximum absolute atomic E-state index is 13.0. The number of carbonyl (C=O) groups is 1. The van der Waals surface area contributed by atoms with Gasteiger partial charge >= 0.3 is 6.61 Å². The lowest BCUT2D eigenvalue weighted by atomic mass is 9.98. The Balaban J connectivity index is 2.43. The molecule has 0 aliphatic heterocycles. The van der Waals surface area contributed by atoms with E-state index in [1.165, 1.54) is 30.3 Å². The molecule has 0 atom stereocenters. The molecule has 2 aromatic carbocycles. The molecule has 0 saturated carbocycles. The smallest absolute Gasteiger partial charge is 0.387 e. The van der Waals surface area contributed by atoms with Crippen molar-refractivity contribution in [1.29, 1.82) is 0 Å². The number of benzene rings is 2. The lowest BCUT2D eigenvalue weighted by Gasteiger charge is -2.11. The first-order valence-electron chi connectivity index (χ1n) is 5.83. The molecule has 2 aromatic rings.